The van der Waals surface area contributed by atoms with Gasteiger partial charge in [-0.25, -0.2) is 4.39 Å². The van der Waals surface area contributed by atoms with Crippen molar-refractivity contribution in [3.05, 3.63) is 53.1 Å². The number of halogens is 2. The smallest absolute Gasteiger partial charge is 0.258 e. The number of anilines is 1. The molecule has 0 saturated carbocycles. The lowest BCUT2D eigenvalue weighted by molar-refractivity contribution is -0.117. The highest BCUT2D eigenvalue weighted by atomic mass is 35.5. The number of benzene rings is 2. The Labute approximate surface area is 171 Å². The van der Waals surface area contributed by atoms with Gasteiger partial charge in [0.1, 0.15) is 5.82 Å². The van der Waals surface area contributed by atoms with Crippen LogP contribution in [0.25, 0.3) is 11.5 Å². The molecule has 7 nitrogen and oxygen atoms in total. The van der Waals surface area contributed by atoms with Crippen molar-refractivity contribution in [2.75, 3.05) is 25.7 Å². The van der Waals surface area contributed by atoms with Gasteiger partial charge in [0.2, 0.25) is 5.91 Å². The maximum absolute atomic E-state index is 14.2. The summed E-state index contributed by atoms with van der Waals surface area (Å²) < 4.78 is 30.0. The van der Waals surface area contributed by atoms with E-state index in [0.717, 1.165) is 0 Å². The zero-order chi connectivity index (χ0) is 20.5. The highest BCUT2D eigenvalue weighted by molar-refractivity contribution is 6.31. The molecule has 0 bridgehead atoms. The number of hydrogen-bond acceptors (Lipinski definition) is 6. The first kappa shape index (κ1) is 19.2. The molecular weight excluding hydrogens is 401 g/mol. The molecule has 0 radical (unpaired) electrons. The Morgan fingerprint density at radius 3 is 2.72 bits per heavy atom. The van der Waals surface area contributed by atoms with Crippen LogP contribution >= 0.6 is 11.6 Å². The molecule has 1 aliphatic rings. The van der Waals surface area contributed by atoms with Crippen molar-refractivity contribution in [3.63, 3.8) is 0 Å². The number of rotatable bonds is 5. The predicted octanol–water partition coefficient (Wildman–Crippen LogP) is 4.07. The van der Waals surface area contributed by atoms with Crippen molar-refractivity contribution in [2.24, 2.45) is 0 Å². The fourth-order valence-electron chi connectivity index (χ4n) is 3.29. The van der Waals surface area contributed by atoms with Crippen LogP contribution < -0.4 is 14.4 Å². The monoisotopic (exact) mass is 417 g/mol. The fraction of sp³-hybridized carbons (Fsp3) is 0.250. The SMILES string of the molecule is COc1ccc(-c2nc(C3CC(=O)N(c4cc(Cl)ccc4F)C3)no2)cc1OC. The van der Waals surface area contributed by atoms with E-state index in [1.165, 1.54) is 30.2 Å². The van der Waals surface area contributed by atoms with Crippen LogP contribution in [0.3, 0.4) is 0 Å². The number of ether oxygens (including phenoxy) is 2. The van der Waals surface area contributed by atoms with Gasteiger partial charge in [0.05, 0.1) is 19.9 Å². The summed E-state index contributed by atoms with van der Waals surface area (Å²) in [6, 6.07) is 9.34. The van der Waals surface area contributed by atoms with E-state index in [2.05, 4.69) is 10.1 Å². The molecule has 0 aliphatic carbocycles. The summed E-state index contributed by atoms with van der Waals surface area (Å²) in [5.74, 6) is 0.725. The lowest BCUT2D eigenvalue weighted by Crippen LogP contribution is -2.25. The second kappa shape index (κ2) is 7.71. The largest absolute Gasteiger partial charge is 0.493 e. The summed E-state index contributed by atoms with van der Waals surface area (Å²) in [7, 11) is 3.09. The third-order valence-electron chi connectivity index (χ3n) is 4.76. The Bertz CT molecular complexity index is 1070. The van der Waals surface area contributed by atoms with E-state index >= 15 is 0 Å². The third-order valence-corrected chi connectivity index (χ3v) is 5.00. The van der Waals surface area contributed by atoms with Crippen molar-refractivity contribution >= 4 is 23.2 Å². The van der Waals surface area contributed by atoms with E-state index in [0.29, 0.717) is 33.8 Å². The number of hydrogen-bond donors (Lipinski definition) is 0. The van der Waals surface area contributed by atoms with Crippen LogP contribution in [0.15, 0.2) is 40.9 Å². The third kappa shape index (κ3) is 3.63. The van der Waals surface area contributed by atoms with E-state index in [4.69, 9.17) is 25.6 Å². The Hall–Kier alpha value is -3.13. The number of carbonyl (C=O) groups is 1. The van der Waals surface area contributed by atoms with E-state index in [1.54, 1.807) is 25.3 Å². The quantitative estimate of drug-likeness (QED) is 0.622. The van der Waals surface area contributed by atoms with Gasteiger partial charge in [-0.05, 0) is 36.4 Å². The van der Waals surface area contributed by atoms with Gasteiger partial charge in [0.25, 0.3) is 5.89 Å². The Morgan fingerprint density at radius 1 is 1.17 bits per heavy atom. The molecule has 1 unspecified atom stereocenters. The summed E-state index contributed by atoms with van der Waals surface area (Å²) in [4.78, 5) is 18.2. The standard InChI is InChI=1S/C20H17ClFN3O4/c1-27-16-6-3-11(7-17(16)28-2)20-23-19(24-29-20)12-8-18(26)25(10-12)15-9-13(21)4-5-14(15)22/h3-7,9,12H,8,10H2,1-2H3. The van der Waals surface area contributed by atoms with Crippen molar-refractivity contribution in [3.8, 4) is 23.0 Å². The minimum Gasteiger partial charge on any atom is -0.493 e. The summed E-state index contributed by atoms with van der Waals surface area (Å²) in [6.45, 7) is 0.237. The van der Waals surface area contributed by atoms with Crippen LogP contribution in [0.1, 0.15) is 18.2 Å². The van der Waals surface area contributed by atoms with E-state index < -0.39 is 5.82 Å². The Balaban J connectivity index is 1.58. The summed E-state index contributed by atoms with van der Waals surface area (Å²) >= 11 is 5.95. The van der Waals surface area contributed by atoms with E-state index in [1.807, 2.05) is 0 Å². The maximum atomic E-state index is 14.2. The maximum Gasteiger partial charge on any atom is 0.258 e. The molecule has 0 N–H and O–H groups in total. The normalized spacial score (nSPS) is 16.3. The van der Waals surface area contributed by atoms with Crippen molar-refractivity contribution in [1.82, 2.24) is 10.1 Å². The van der Waals surface area contributed by atoms with Gasteiger partial charge >= 0.3 is 0 Å². The molecule has 2 heterocycles. The molecule has 9 heteroatoms. The van der Waals surface area contributed by atoms with Gasteiger partial charge in [0, 0.05) is 29.5 Å². The molecule has 150 valence electrons. The molecule has 1 fully saturated rings. The molecule has 1 amide bonds. The van der Waals surface area contributed by atoms with Gasteiger partial charge in [-0.1, -0.05) is 16.8 Å². The first-order valence-electron chi connectivity index (χ1n) is 8.81. The van der Waals surface area contributed by atoms with Gasteiger partial charge < -0.3 is 18.9 Å². The molecule has 3 aromatic rings. The van der Waals surface area contributed by atoms with Crippen molar-refractivity contribution < 1.29 is 23.2 Å². The van der Waals surface area contributed by atoms with E-state index in [9.17, 15) is 9.18 Å². The molecule has 1 aromatic heterocycles. The molecular formula is C20H17ClFN3O4. The van der Waals surface area contributed by atoms with Gasteiger partial charge in [-0.2, -0.15) is 4.98 Å². The van der Waals surface area contributed by atoms with Crippen LogP contribution in [0.5, 0.6) is 11.5 Å². The molecule has 2 aromatic carbocycles. The lowest BCUT2D eigenvalue weighted by Gasteiger charge is -2.17. The average molecular weight is 418 g/mol. The van der Waals surface area contributed by atoms with Gasteiger partial charge in [0.15, 0.2) is 17.3 Å². The number of aromatic nitrogens is 2. The lowest BCUT2D eigenvalue weighted by atomic mass is 10.1. The molecule has 29 heavy (non-hydrogen) atoms. The highest BCUT2D eigenvalue weighted by Crippen LogP contribution is 2.35. The Kier molecular flexibility index (Phi) is 5.10. The van der Waals surface area contributed by atoms with Crippen LogP contribution in [-0.4, -0.2) is 36.8 Å². The number of nitrogens with zero attached hydrogens (tertiary/aromatic N) is 3. The summed E-state index contributed by atoms with van der Waals surface area (Å²) in [6.07, 6.45) is 0.150. The van der Waals surface area contributed by atoms with Crippen molar-refractivity contribution in [2.45, 2.75) is 12.3 Å². The van der Waals surface area contributed by atoms with Crippen LogP contribution in [-0.2, 0) is 4.79 Å². The van der Waals surface area contributed by atoms with Crippen LogP contribution in [0.2, 0.25) is 5.02 Å². The van der Waals surface area contributed by atoms with Crippen molar-refractivity contribution in [1.29, 1.82) is 0 Å². The van der Waals surface area contributed by atoms with Crippen LogP contribution in [0, 0.1) is 5.82 Å². The highest BCUT2D eigenvalue weighted by Gasteiger charge is 2.36. The second-order valence-electron chi connectivity index (χ2n) is 6.53. The number of carbonyl (C=O) groups excluding carboxylic acids is 1. The topological polar surface area (TPSA) is 77.7 Å². The minimum absolute atomic E-state index is 0.147. The summed E-state index contributed by atoms with van der Waals surface area (Å²) in [5, 5.41) is 4.37. The zero-order valence-corrected chi connectivity index (χ0v) is 16.4. The second-order valence-corrected chi connectivity index (χ2v) is 6.97. The van der Waals surface area contributed by atoms with Gasteiger partial charge in [-0.15, -0.1) is 0 Å². The fourth-order valence-corrected chi connectivity index (χ4v) is 3.46. The predicted molar refractivity (Wildman–Crippen MR) is 104 cm³/mol. The first-order chi connectivity index (χ1) is 14.0. The van der Waals surface area contributed by atoms with Gasteiger partial charge in [-0.3, -0.25) is 4.79 Å². The van der Waals surface area contributed by atoms with E-state index in [-0.39, 0.29) is 30.5 Å². The molecule has 4 rings (SSSR count). The number of amides is 1. The van der Waals surface area contributed by atoms with Crippen LogP contribution in [0.4, 0.5) is 10.1 Å². The zero-order valence-electron chi connectivity index (χ0n) is 15.7. The molecule has 1 atom stereocenters. The minimum atomic E-state index is -0.512. The summed E-state index contributed by atoms with van der Waals surface area (Å²) in [5.41, 5.74) is 0.803. The molecule has 1 saturated heterocycles. The first-order valence-corrected chi connectivity index (χ1v) is 9.19. The number of methoxy groups -OCH3 is 2. The molecule has 1 aliphatic heterocycles. The molecule has 0 spiro atoms. The Morgan fingerprint density at radius 2 is 1.97 bits per heavy atom. The average Bonchev–Trinajstić information content (AvgIpc) is 3.36.